The van der Waals surface area contributed by atoms with Gasteiger partial charge in [0.2, 0.25) is 5.92 Å². The lowest BCUT2D eigenvalue weighted by Gasteiger charge is -2.33. The van der Waals surface area contributed by atoms with Crippen LogP contribution in [0.2, 0.25) is 0 Å². The van der Waals surface area contributed by atoms with Gasteiger partial charge in [-0.2, -0.15) is 5.10 Å². The van der Waals surface area contributed by atoms with E-state index >= 15 is 0 Å². The van der Waals surface area contributed by atoms with Gasteiger partial charge in [-0.05, 0) is 32.7 Å². The predicted octanol–water partition coefficient (Wildman–Crippen LogP) is 2.25. The molecule has 1 unspecified atom stereocenters. The van der Waals surface area contributed by atoms with Crippen molar-refractivity contribution in [1.29, 1.82) is 0 Å². The number of nitrogens with one attached hydrogen (secondary N) is 1. The fraction of sp³-hybridized carbons (Fsp3) is 0.846. The van der Waals surface area contributed by atoms with Crippen molar-refractivity contribution in [2.45, 2.75) is 57.5 Å². The second-order valence-electron chi connectivity index (χ2n) is 5.28. The number of alkyl halides is 2. The number of nitrogens with zero attached hydrogens (tertiary/aromatic N) is 3. The first kappa shape index (κ1) is 14.4. The lowest BCUT2D eigenvalue weighted by atomic mass is 9.81. The molecule has 1 aliphatic carbocycles. The maximum Gasteiger partial charge on any atom is 0.248 e. The van der Waals surface area contributed by atoms with Gasteiger partial charge in [0.25, 0.3) is 0 Å². The molecule has 108 valence electrons. The topological polar surface area (TPSA) is 42.7 Å². The molecule has 0 radical (unpaired) electrons. The van der Waals surface area contributed by atoms with E-state index in [2.05, 4.69) is 15.4 Å². The monoisotopic (exact) mass is 272 g/mol. The van der Waals surface area contributed by atoms with E-state index in [9.17, 15) is 8.78 Å². The van der Waals surface area contributed by atoms with Gasteiger partial charge in [0.05, 0.1) is 0 Å². The Morgan fingerprint density at radius 3 is 2.74 bits per heavy atom. The van der Waals surface area contributed by atoms with Crippen LogP contribution in [0, 0.1) is 5.92 Å². The van der Waals surface area contributed by atoms with Crippen LogP contribution in [0.4, 0.5) is 8.78 Å². The van der Waals surface area contributed by atoms with Gasteiger partial charge >= 0.3 is 0 Å². The molecule has 1 heterocycles. The fourth-order valence-corrected chi connectivity index (χ4v) is 2.88. The van der Waals surface area contributed by atoms with Crippen molar-refractivity contribution in [3.8, 4) is 0 Å². The lowest BCUT2D eigenvalue weighted by Crippen LogP contribution is -2.40. The van der Waals surface area contributed by atoms with E-state index in [1.807, 2.05) is 18.7 Å². The smallest absolute Gasteiger partial charge is 0.248 e. The number of rotatable bonds is 5. The highest BCUT2D eigenvalue weighted by Gasteiger charge is 2.37. The maximum absolute atomic E-state index is 13.2. The molecule has 0 saturated heterocycles. The minimum atomic E-state index is -2.46. The van der Waals surface area contributed by atoms with Gasteiger partial charge in [-0.3, -0.25) is 4.68 Å². The predicted molar refractivity (Wildman–Crippen MR) is 69.2 cm³/mol. The van der Waals surface area contributed by atoms with Gasteiger partial charge in [0.1, 0.15) is 12.2 Å². The van der Waals surface area contributed by atoms with Crippen LogP contribution in [0.15, 0.2) is 6.33 Å². The molecule has 0 bridgehead atoms. The summed E-state index contributed by atoms with van der Waals surface area (Å²) >= 11 is 0. The molecule has 0 aliphatic heterocycles. The van der Waals surface area contributed by atoms with E-state index in [1.54, 1.807) is 6.33 Å². The van der Waals surface area contributed by atoms with E-state index in [4.69, 9.17) is 0 Å². The molecule has 0 spiro atoms. The Morgan fingerprint density at radius 2 is 2.16 bits per heavy atom. The van der Waals surface area contributed by atoms with Crippen LogP contribution in [0.1, 0.15) is 38.4 Å². The van der Waals surface area contributed by atoms with Crippen LogP contribution in [0.3, 0.4) is 0 Å². The van der Waals surface area contributed by atoms with Crippen LogP contribution >= 0.6 is 0 Å². The molecule has 1 fully saturated rings. The molecule has 6 heteroatoms. The van der Waals surface area contributed by atoms with E-state index in [0.717, 1.165) is 18.8 Å². The molecule has 0 aromatic carbocycles. The van der Waals surface area contributed by atoms with Crippen LogP contribution in [-0.2, 0) is 13.0 Å². The first-order chi connectivity index (χ1) is 9.05. The Morgan fingerprint density at radius 1 is 1.47 bits per heavy atom. The minimum Gasteiger partial charge on any atom is -0.316 e. The second-order valence-corrected chi connectivity index (χ2v) is 5.28. The normalized spacial score (nSPS) is 21.5. The summed E-state index contributed by atoms with van der Waals surface area (Å²) in [5.74, 6) is -1.23. The number of halogens is 2. The van der Waals surface area contributed by atoms with Gasteiger partial charge in [0, 0.05) is 31.8 Å². The summed E-state index contributed by atoms with van der Waals surface area (Å²) < 4.78 is 28.3. The zero-order valence-electron chi connectivity index (χ0n) is 11.6. The first-order valence-corrected chi connectivity index (χ1v) is 6.97. The quantitative estimate of drug-likeness (QED) is 0.894. The number of hydrogen-bond donors (Lipinski definition) is 1. The zero-order valence-corrected chi connectivity index (χ0v) is 11.6. The molecule has 0 amide bonds. The summed E-state index contributed by atoms with van der Waals surface area (Å²) in [6, 6.07) is 0.200. The maximum atomic E-state index is 13.2. The zero-order chi connectivity index (χ0) is 13.9. The molecule has 1 saturated carbocycles. The van der Waals surface area contributed by atoms with Crippen LogP contribution in [0.5, 0.6) is 0 Å². The molecule has 1 aliphatic rings. The van der Waals surface area contributed by atoms with E-state index in [-0.39, 0.29) is 18.9 Å². The summed E-state index contributed by atoms with van der Waals surface area (Å²) in [6.07, 6.45) is 3.49. The third-order valence-electron chi connectivity index (χ3n) is 4.10. The Kier molecular flexibility index (Phi) is 4.50. The molecule has 1 atom stereocenters. The van der Waals surface area contributed by atoms with Crippen molar-refractivity contribution >= 4 is 0 Å². The van der Waals surface area contributed by atoms with Crippen molar-refractivity contribution in [1.82, 2.24) is 20.1 Å². The third kappa shape index (κ3) is 3.49. The summed E-state index contributed by atoms with van der Waals surface area (Å²) in [7, 11) is 1.89. The first-order valence-electron chi connectivity index (χ1n) is 6.97. The lowest BCUT2D eigenvalue weighted by molar-refractivity contribution is -0.0493. The highest BCUT2D eigenvalue weighted by atomic mass is 19.3. The van der Waals surface area contributed by atoms with Crippen LogP contribution in [0.25, 0.3) is 0 Å². The number of aryl methyl sites for hydroxylation is 1. The van der Waals surface area contributed by atoms with Crippen LogP contribution < -0.4 is 5.32 Å². The summed E-state index contributed by atoms with van der Waals surface area (Å²) in [6.45, 7) is 2.81. The highest BCUT2D eigenvalue weighted by Crippen LogP contribution is 2.37. The van der Waals surface area contributed by atoms with Crippen LogP contribution in [-0.4, -0.2) is 33.8 Å². The average Bonchev–Trinajstić information content (AvgIpc) is 2.83. The van der Waals surface area contributed by atoms with Crippen molar-refractivity contribution < 1.29 is 8.78 Å². The van der Waals surface area contributed by atoms with Crippen molar-refractivity contribution in [3.05, 3.63) is 12.2 Å². The molecular formula is C13H22F2N4. The number of aromatic nitrogens is 3. The number of hydrogen-bond acceptors (Lipinski definition) is 3. The largest absolute Gasteiger partial charge is 0.316 e. The van der Waals surface area contributed by atoms with Crippen molar-refractivity contribution in [2.75, 3.05) is 7.05 Å². The van der Waals surface area contributed by atoms with Gasteiger partial charge in [-0.1, -0.05) is 0 Å². The summed E-state index contributed by atoms with van der Waals surface area (Å²) in [5.41, 5.74) is 0. The molecule has 1 aromatic rings. The second kappa shape index (κ2) is 5.94. The third-order valence-corrected chi connectivity index (χ3v) is 4.10. The molecular weight excluding hydrogens is 250 g/mol. The Bertz CT molecular complexity index is 395. The Hall–Kier alpha value is -1.04. The fourth-order valence-electron chi connectivity index (χ4n) is 2.88. The van der Waals surface area contributed by atoms with Gasteiger partial charge < -0.3 is 5.32 Å². The Balaban J connectivity index is 1.97. The summed E-state index contributed by atoms with van der Waals surface area (Å²) in [5, 5.41) is 7.41. The molecule has 2 rings (SSSR count). The summed E-state index contributed by atoms with van der Waals surface area (Å²) in [4.78, 5) is 4.26. The van der Waals surface area contributed by atoms with E-state index < -0.39 is 5.92 Å². The van der Waals surface area contributed by atoms with E-state index in [0.29, 0.717) is 18.8 Å². The van der Waals surface area contributed by atoms with Gasteiger partial charge in [0.15, 0.2) is 0 Å². The van der Waals surface area contributed by atoms with E-state index in [1.165, 1.54) is 0 Å². The molecule has 1 aromatic heterocycles. The van der Waals surface area contributed by atoms with Gasteiger partial charge in [-0.15, -0.1) is 0 Å². The molecule has 19 heavy (non-hydrogen) atoms. The Labute approximate surface area is 112 Å². The number of likely N-dealkylation sites (N-methyl/N-ethyl adjacent to an activating group) is 1. The van der Waals surface area contributed by atoms with Crippen molar-refractivity contribution in [2.24, 2.45) is 5.92 Å². The minimum absolute atomic E-state index is 0.0102. The standard InChI is InChI=1S/C13H22F2N4/c1-3-19-12(17-9-18-19)8-11(16-2)10-4-6-13(14,15)7-5-10/h9-11,16H,3-8H2,1-2H3. The van der Waals surface area contributed by atoms with Gasteiger partial charge in [-0.25, -0.2) is 13.8 Å². The molecule has 4 nitrogen and oxygen atoms in total. The SMILES string of the molecule is CCn1ncnc1CC(NC)C1CCC(F)(F)CC1. The highest BCUT2D eigenvalue weighted by molar-refractivity contribution is 4.93. The molecule has 1 N–H and O–H groups in total. The van der Waals surface area contributed by atoms with Crippen molar-refractivity contribution in [3.63, 3.8) is 0 Å². The average molecular weight is 272 g/mol.